The number of cyclic esters (lactones) is 1. The molecule has 6 rings (SSSR count). The number of aromatic nitrogens is 3. The lowest BCUT2D eigenvalue weighted by Crippen LogP contribution is -2.59. The van der Waals surface area contributed by atoms with Crippen molar-refractivity contribution in [3.63, 3.8) is 0 Å². The Morgan fingerprint density at radius 3 is 2.25 bits per heavy atom. The number of likely N-dealkylation sites (N-methyl/N-ethyl adjacent to an activating group) is 2. The van der Waals surface area contributed by atoms with Crippen molar-refractivity contribution in [3.8, 4) is 0 Å². The molecule has 0 radical (unpaired) electrons. The highest BCUT2D eigenvalue weighted by Gasteiger charge is 2.52. The molecule has 1 unspecified atom stereocenters. The average molecular weight is 1100 g/mol. The Labute approximate surface area is 451 Å². The van der Waals surface area contributed by atoms with Gasteiger partial charge in [0.25, 0.3) is 0 Å². The summed E-state index contributed by atoms with van der Waals surface area (Å²) in [5.74, 6) is -2.36. The number of rotatable bonds is 16. The number of benzene rings is 1. The van der Waals surface area contributed by atoms with E-state index in [1.54, 1.807) is 40.8 Å². The molecule has 0 aliphatic carbocycles. The Bertz CT molecular complexity index is 2280. The van der Waals surface area contributed by atoms with Crippen LogP contribution in [0.5, 0.6) is 0 Å². The number of carbonyl (C=O) groups excluding carboxylic acids is 1. The van der Waals surface area contributed by atoms with Crippen molar-refractivity contribution in [2.45, 2.75) is 216 Å². The minimum Gasteiger partial charge on any atom is -0.459 e. The maximum atomic E-state index is 14.9. The van der Waals surface area contributed by atoms with Crippen LogP contribution in [0.25, 0.3) is 0 Å². The van der Waals surface area contributed by atoms with Gasteiger partial charge in [0, 0.05) is 70.8 Å². The Morgan fingerprint density at radius 1 is 0.961 bits per heavy atom. The third kappa shape index (κ3) is 14.6. The van der Waals surface area contributed by atoms with Crippen LogP contribution in [0.4, 0.5) is 4.39 Å². The minimum atomic E-state index is -3.04. The van der Waals surface area contributed by atoms with Crippen molar-refractivity contribution in [1.29, 1.82) is 0 Å². The van der Waals surface area contributed by atoms with Crippen LogP contribution in [-0.4, -0.2) is 203 Å². The molecule has 4 fully saturated rings. The first-order chi connectivity index (χ1) is 35.6. The van der Waals surface area contributed by atoms with Crippen molar-refractivity contribution in [3.05, 3.63) is 47.3 Å². The quantitative estimate of drug-likeness (QED) is 0.163. The van der Waals surface area contributed by atoms with Crippen LogP contribution in [0, 0.1) is 17.8 Å². The van der Waals surface area contributed by atoms with E-state index in [0.717, 1.165) is 11.1 Å². The fraction of sp³-hybridized carbons (Fsp3) is 0.836. The molecule has 4 aliphatic rings. The highest BCUT2D eigenvalue weighted by molar-refractivity contribution is 7.91. The van der Waals surface area contributed by atoms with Crippen molar-refractivity contribution in [1.82, 2.24) is 24.8 Å². The molecule has 434 valence electrons. The number of hydrogen-bond acceptors (Lipinski definition) is 18. The summed E-state index contributed by atoms with van der Waals surface area (Å²) < 4.78 is 85.2. The molecule has 20 atom stereocenters. The van der Waals surface area contributed by atoms with E-state index in [9.17, 15) is 38.0 Å². The lowest BCUT2D eigenvalue weighted by atomic mass is 9.77. The van der Waals surface area contributed by atoms with Gasteiger partial charge in [0.1, 0.15) is 42.7 Å². The van der Waals surface area contributed by atoms with Gasteiger partial charge in [0.05, 0.1) is 58.7 Å². The van der Waals surface area contributed by atoms with E-state index in [-0.39, 0.29) is 54.7 Å². The zero-order valence-electron chi connectivity index (χ0n) is 47.6. The molecule has 4 aliphatic heterocycles. The van der Waals surface area contributed by atoms with E-state index < -0.39 is 119 Å². The Hall–Kier alpha value is -2.77. The van der Waals surface area contributed by atoms with Gasteiger partial charge in [0.15, 0.2) is 22.4 Å². The summed E-state index contributed by atoms with van der Waals surface area (Å²) in [5, 5.41) is 56.3. The second kappa shape index (κ2) is 25.8. The van der Waals surface area contributed by atoms with Crippen molar-refractivity contribution >= 4 is 15.8 Å². The summed E-state index contributed by atoms with van der Waals surface area (Å²) in [6.07, 6.45) is -4.27. The lowest BCUT2D eigenvalue weighted by Gasteiger charge is -2.48. The first-order valence-corrected chi connectivity index (χ1v) is 29.3. The second-order valence-corrected chi connectivity index (χ2v) is 25.9. The zero-order valence-corrected chi connectivity index (χ0v) is 48.4. The number of carbonyl (C=O) groups is 1. The average Bonchev–Trinajstić information content (AvgIpc) is 4.00. The van der Waals surface area contributed by atoms with E-state index in [1.807, 2.05) is 71.0 Å². The third-order valence-electron chi connectivity index (χ3n) is 17.4. The topological polar surface area (TPSA) is 234 Å². The number of ether oxygens (including phenoxy) is 7. The molecule has 0 amide bonds. The van der Waals surface area contributed by atoms with Crippen LogP contribution >= 0.6 is 0 Å². The van der Waals surface area contributed by atoms with Gasteiger partial charge >= 0.3 is 5.97 Å². The van der Waals surface area contributed by atoms with E-state index in [4.69, 9.17) is 33.2 Å². The van der Waals surface area contributed by atoms with Gasteiger partial charge < -0.3 is 63.4 Å². The smallest absolute Gasteiger partial charge is 0.311 e. The molecule has 76 heavy (non-hydrogen) atoms. The Morgan fingerprint density at radius 2 is 1.64 bits per heavy atom. The van der Waals surface area contributed by atoms with Crippen LogP contribution in [0.3, 0.4) is 0 Å². The molecule has 21 heteroatoms. The van der Waals surface area contributed by atoms with Crippen molar-refractivity contribution in [2.75, 3.05) is 59.6 Å². The largest absolute Gasteiger partial charge is 0.459 e. The van der Waals surface area contributed by atoms with Crippen LogP contribution in [0.1, 0.15) is 143 Å². The molecule has 0 saturated carbocycles. The van der Waals surface area contributed by atoms with Gasteiger partial charge in [-0.2, -0.15) is 0 Å². The lowest BCUT2D eigenvalue weighted by molar-refractivity contribution is -0.308. The van der Waals surface area contributed by atoms with Crippen LogP contribution in [0.2, 0.25) is 0 Å². The van der Waals surface area contributed by atoms with Gasteiger partial charge in [-0.3, -0.25) is 4.79 Å². The molecular weight excluding hydrogens is 1010 g/mol. The summed E-state index contributed by atoms with van der Waals surface area (Å²) in [4.78, 5) is 18.7. The summed E-state index contributed by atoms with van der Waals surface area (Å²) in [6, 6.07) is 6.13. The molecule has 2 aromatic rings. The monoisotopic (exact) mass is 1100 g/mol. The number of methoxy groups -OCH3 is 2. The summed E-state index contributed by atoms with van der Waals surface area (Å²) in [7, 11) is 3.86. The van der Waals surface area contributed by atoms with Crippen LogP contribution in [0.15, 0.2) is 30.5 Å². The Kier molecular flexibility index (Phi) is 21.2. The van der Waals surface area contributed by atoms with E-state index in [2.05, 4.69) is 15.2 Å². The SMILES string of the molecule is CC[C@H]1OC(=O)[C@H](C)[C@@H](O[C@H]2C[C@@](C)(OC)[C@@H](O)[C@H](C)O2)[C@H](C)[C@@H](O[C@H]2C[C@@H](N(C)CCc3cn([C@H](CF)[C@H](OC)c4ccc(C5CCS(=O)(=O)C5)cc4)nn3)C[C@@H](C)O2)[C@](C)(O)C[C@@H](C)CN(C)[C@H](C)[C@@H](O)[C@]1(C)O. The van der Waals surface area contributed by atoms with Crippen molar-refractivity contribution < 1.29 is 71.2 Å². The molecule has 19 nitrogen and oxygen atoms in total. The molecule has 1 aromatic carbocycles. The highest BCUT2D eigenvalue weighted by atomic mass is 32.2. The summed E-state index contributed by atoms with van der Waals surface area (Å²) in [5.41, 5.74) is -2.09. The molecule has 4 N–H and O–H groups in total. The number of sulfone groups is 1. The van der Waals surface area contributed by atoms with E-state index >= 15 is 0 Å². The second-order valence-electron chi connectivity index (χ2n) is 23.7. The molecule has 4 saturated heterocycles. The normalized spacial score (nSPS) is 40.3. The third-order valence-corrected chi connectivity index (χ3v) is 19.1. The number of aliphatic hydroxyl groups is 4. The number of esters is 1. The molecule has 0 spiro atoms. The number of nitrogens with zero attached hydrogens (tertiary/aromatic N) is 5. The number of alkyl halides is 1. The zero-order chi connectivity index (χ0) is 56.2. The fourth-order valence-corrected chi connectivity index (χ4v) is 14.3. The maximum absolute atomic E-state index is 14.9. The van der Waals surface area contributed by atoms with Gasteiger partial charge in [-0.05, 0) is 111 Å². The maximum Gasteiger partial charge on any atom is 0.311 e. The fourth-order valence-electron chi connectivity index (χ4n) is 12.5. The standard InChI is InChI=1S/C55H92FN5O14S/c1-15-44-55(10,66)49(62)36(6)60(12)29-32(2)26-53(8,65)51(34(4)47(35(5)52(64)73-44)74-46-27-54(9,70-14)50(63)37(7)72-46)75-45-25-42(24-33(3)71-45)59(11)22-20-41-30-61(58-57-41)43(28-56)48(69-13)39-18-16-38(17-19-39)40-21-23-76(67,68)31-40/h16-19,30,32-37,40,42-51,62-63,65-66H,15,20-29,31H2,1-14H3/t32-,33-,34+,35-,36-,37+,40?,42+,43-,44-,45+,46+,47+,48-,49-,50+,51-,53-,54-,55-/m1/s1. The minimum absolute atomic E-state index is 0.0365. The highest BCUT2D eigenvalue weighted by Crippen LogP contribution is 2.41. The molecular formula is C55H92FN5O14S. The van der Waals surface area contributed by atoms with Gasteiger partial charge in [0.2, 0.25) is 0 Å². The Balaban J connectivity index is 1.22. The predicted octanol–water partition coefficient (Wildman–Crippen LogP) is 4.93. The molecule has 5 heterocycles. The number of hydrogen-bond donors (Lipinski definition) is 4. The van der Waals surface area contributed by atoms with Crippen molar-refractivity contribution in [2.24, 2.45) is 17.8 Å². The van der Waals surface area contributed by atoms with E-state index in [1.165, 1.54) is 25.8 Å². The van der Waals surface area contributed by atoms with Gasteiger partial charge in [-0.1, -0.05) is 50.3 Å². The first-order valence-electron chi connectivity index (χ1n) is 27.5. The predicted molar refractivity (Wildman–Crippen MR) is 283 cm³/mol. The van der Waals surface area contributed by atoms with Crippen LogP contribution < -0.4 is 0 Å². The van der Waals surface area contributed by atoms with Crippen LogP contribution in [-0.2, 0) is 54.2 Å². The van der Waals surface area contributed by atoms with E-state index in [0.29, 0.717) is 44.5 Å². The summed E-state index contributed by atoms with van der Waals surface area (Å²) in [6.45, 7) is 18.1. The number of halogens is 1. The molecule has 0 bridgehead atoms. The molecule has 1 aromatic heterocycles. The first kappa shape index (κ1) is 62.4. The summed E-state index contributed by atoms with van der Waals surface area (Å²) >= 11 is 0. The number of aliphatic hydroxyl groups excluding tert-OH is 2. The van der Waals surface area contributed by atoms with Gasteiger partial charge in [-0.15, -0.1) is 5.10 Å². The van der Waals surface area contributed by atoms with Gasteiger partial charge in [-0.25, -0.2) is 17.5 Å².